The summed E-state index contributed by atoms with van der Waals surface area (Å²) in [6, 6.07) is 12.6. The molecule has 1 aliphatic rings. The molecule has 0 atom stereocenters. The molecule has 0 aromatic heterocycles. The minimum atomic E-state index is -0.0954. The Balaban J connectivity index is 1.61. The van der Waals surface area contributed by atoms with Crippen molar-refractivity contribution in [3.8, 4) is 0 Å². The maximum absolute atomic E-state index is 12.7. The van der Waals surface area contributed by atoms with Gasteiger partial charge in [-0.05, 0) is 41.8 Å². The van der Waals surface area contributed by atoms with Gasteiger partial charge in [0.1, 0.15) is 0 Å². The SMILES string of the molecule is CC(C)c1ccc(C(=O)N2CCN(C(=O)c3ccc(Cl)c(Cl)c3)CC2)cc1. The monoisotopic (exact) mass is 404 g/mol. The highest BCUT2D eigenvalue weighted by atomic mass is 35.5. The Bertz CT molecular complexity index is 842. The molecule has 0 radical (unpaired) electrons. The van der Waals surface area contributed by atoms with Gasteiger partial charge >= 0.3 is 0 Å². The van der Waals surface area contributed by atoms with E-state index in [1.807, 2.05) is 24.3 Å². The maximum atomic E-state index is 12.7. The number of rotatable bonds is 3. The van der Waals surface area contributed by atoms with E-state index < -0.39 is 0 Å². The number of carbonyl (C=O) groups is 2. The van der Waals surface area contributed by atoms with Crippen molar-refractivity contribution < 1.29 is 9.59 Å². The summed E-state index contributed by atoms with van der Waals surface area (Å²) in [4.78, 5) is 28.9. The van der Waals surface area contributed by atoms with Gasteiger partial charge < -0.3 is 9.80 Å². The zero-order chi connectivity index (χ0) is 19.6. The summed E-state index contributed by atoms with van der Waals surface area (Å²) in [6.07, 6.45) is 0. The van der Waals surface area contributed by atoms with E-state index in [0.717, 1.165) is 0 Å². The number of hydrogen-bond donors (Lipinski definition) is 0. The van der Waals surface area contributed by atoms with Crippen molar-refractivity contribution in [1.82, 2.24) is 9.80 Å². The molecular weight excluding hydrogens is 383 g/mol. The van der Waals surface area contributed by atoms with Crippen molar-refractivity contribution in [2.45, 2.75) is 19.8 Å². The lowest BCUT2D eigenvalue weighted by Gasteiger charge is -2.35. The Labute approximate surface area is 169 Å². The molecule has 142 valence electrons. The molecule has 0 N–H and O–H groups in total. The lowest BCUT2D eigenvalue weighted by atomic mass is 10.0. The molecule has 0 bridgehead atoms. The summed E-state index contributed by atoms with van der Waals surface area (Å²) in [5.74, 6) is 0.346. The van der Waals surface area contributed by atoms with E-state index in [0.29, 0.717) is 53.3 Å². The van der Waals surface area contributed by atoms with Gasteiger partial charge in [0.2, 0.25) is 0 Å². The van der Waals surface area contributed by atoms with Crippen LogP contribution in [-0.2, 0) is 0 Å². The summed E-state index contributed by atoms with van der Waals surface area (Å²) in [5.41, 5.74) is 2.40. The van der Waals surface area contributed by atoms with Gasteiger partial charge in [-0.25, -0.2) is 0 Å². The third kappa shape index (κ3) is 4.45. The van der Waals surface area contributed by atoms with Gasteiger partial charge in [-0.1, -0.05) is 49.2 Å². The molecule has 1 heterocycles. The van der Waals surface area contributed by atoms with Crippen molar-refractivity contribution in [2.24, 2.45) is 0 Å². The first-order valence-corrected chi connectivity index (χ1v) is 9.76. The number of benzene rings is 2. The summed E-state index contributed by atoms with van der Waals surface area (Å²) in [7, 11) is 0. The zero-order valence-electron chi connectivity index (χ0n) is 15.4. The second-order valence-corrected chi connectivity index (χ2v) is 7.80. The first-order chi connectivity index (χ1) is 12.9. The largest absolute Gasteiger partial charge is 0.335 e. The van der Waals surface area contributed by atoms with Crippen LogP contribution in [0.1, 0.15) is 46.0 Å². The average molecular weight is 405 g/mol. The van der Waals surface area contributed by atoms with Crippen molar-refractivity contribution in [2.75, 3.05) is 26.2 Å². The van der Waals surface area contributed by atoms with Gasteiger partial charge in [0.25, 0.3) is 11.8 Å². The van der Waals surface area contributed by atoms with Crippen molar-refractivity contribution in [1.29, 1.82) is 0 Å². The molecule has 1 saturated heterocycles. The number of carbonyl (C=O) groups excluding carboxylic acids is 2. The topological polar surface area (TPSA) is 40.6 Å². The maximum Gasteiger partial charge on any atom is 0.254 e. The molecule has 3 rings (SSSR count). The second-order valence-electron chi connectivity index (χ2n) is 6.99. The van der Waals surface area contributed by atoms with Gasteiger partial charge in [0, 0.05) is 37.3 Å². The van der Waals surface area contributed by atoms with E-state index >= 15 is 0 Å². The third-order valence-electron chi connectivity index (χ3n) is 4.84. The standard InChI is InChI=1S/C21H22Cl2N2O2/c1-14(2)15-3-5-16(6-4-15)20(26)24-9-11-25(12-10-24)21(27)17-7-8-18(22)19(23)13-17/h3-8,13-14H,9-12H2,1-2H3. The average Bonchev–Trinajstić information content (AvgIpc) is 2.69. The minimum absolute atomic E-state index is 0.00643. The lowest BCUT2D eigenvalue weighted by molar-refractivity contribution is 0.0535. The fourth-order valence-corrected chi connectivity index (χ4v) is 3.42. The summed E-state index contributed by atoms with van der Waals surface area (Å²) < 4.78 is 0. The molecular formula is C21H22Cl2N2O2. The smallest absolute Gasteiger partial charge is 0.254 e. The predicted octanol–water partition coefficient (Wildman–Crippen LogP) is 4.72. The van der Waals surface area contributed by atoms with Crippen LogP contribution < -0.4 is 0 Å². The van der Waals surface area contributed by atoms with Crippen LogP contribution in [0.15, 0.2) is 42.5 Å². The molecule has 1 aliphatic heterocycles. The molecule has 0 aliphatic carbocycles. The van der Waals surface area contributed by atoms with E-state index in [-0.39, 0.29) is 11.8 Å². The van der Waals surface area contributed by atoms with Crippen LogP contribution in [-0.4, -0.2) is 47.8 Å². The van der Waals surface area contributed by atoms with E-state index in [1.165, 1.54) is 5.56 Å². The van der Waals surface area contributed by atoms with Crippen molar-refractivity contribution in [3.05, 3.63) is 69.2 Å². The van der Waals surface area contributed by atoms with Gasteiger partial charge in [0.15, 0.2) is 0 Å². The van der Waals surface area contributed by atoms with Gasteiger partial charge in [-0.15, -0.1) is 0 Å². The van der Waals surface area contributed by atoms with Crippen LogP contribution in [0, 0.1) is 0 Å². The van der Waals surface area contributed by atoms with E-state index in [1.54, 1.807) is 28.0 Å². The van der Waals surface area contributed by atoms with Crippen LogP contribution in [0.3, 0.4) is 0 Å². The second kappa shape index (κ2) is 8.32. The molecule has 0 unspecified atom stereocenters. The number of nitrogens with zero attached hydrogens (tertiary/aromatic N) is 2. The van der Waals surface area contributed by atoms with Crippen molar-refractivity contribution in [3.63, 3.8) is 0 Å². The molecule has 27 heavy (non-hydrogen) atoms. The molecule has 0 saturated carbocycles. The van der Waals surface area contributed by atoms with Crippen LogP contribution in [0.5, 0.6) is 0 Å². The predicted molar refractivity (Wildman–Crippen MR) is 109 cm³/mol. The van der Waals surface area contributed by atoms with Crippen LogP contribution in [0.25, 0.3) is 0 Å². The summed E-state index contributed by atoms with van der Waals surface area (Å²) >= 11 is 11.9. The number of amides is 2. The Hall–Kier alpha value is -2.04. The number of halogens is 2. The Morgan fingerprint density at radius 1 is 0.778 bits per heavy atom. The van der Waals surface area contributed by atoms with Crippen LogP contribution in [0.2, 0.25) is 10.0 Å². The highest BCUT2D eigenvalue weighted by Gasteiger charge is 2.25. The van der Waals surface area contributed by atoms with Gasteiger partial charge in [0.05, 0.1) is 10.0 Å². The highest BCUT2D eigenvalue weighted by Crippen LogP contribution is 2.23. The fraction of sp³-hybridized carbons (Fsp3) is 0.333. The third-order valence-corrected chi connectivity index (χ3v) is 5.58. The molecule has 0 spiro atoms. The van der Waals surface area contributed by atoms with Crippen LogP contribution in [0.4, 0.5) is 0 Å². The van der Waals surface area contributed by atoms with E-state index in [4.69, 9.17) is 23.2 Å². The summed E-state index contributed by atoms with van der Waals surface area (Å²) in [5, 5.41) is 0.785. The Kier molecular flexibility index (Phi) is 6.08. The van der Waals surface area contributed by atoms with Crippen LogP contribution >= 0.6 is 23.2 Å². The first kappa shape index (κ1) is 19.7. The zero-order valence-corrected chi connectivity index (χ0v) is 16.9. The fourth-order valence-electron chi connectivity index (χ4n) is 3.12. The number of piperazine rings is 1. The lowest BCUT2D eigenvalue weighted by Crippen LogP contribution is -2.50. The van der Waals surface area contributed by atoms with Crippen molar-refractivity contribution >= 4 is 35.0 Å². The Morgan fingerprint density at radius 2 is 1.26 bits per heavy atom. The molecule has 6 heteroatoms. The Morgan fingerprint density at radius 3 is 1.74 bits per heavy atom. The summed E-state index contributed by atoms with van der Waals surface area (Å²) in [6.45, 7) is 6.27. The molecule has 2 aromatic rings. The normalized spacial score (nSPS) is 14.6. The minimum Gasteiger partial charge on any atom is -0.335 e. The molecule has 2 aromatic carbocycles. The van der Waals surface area contributed by atoms with Gasteiger partial charge in [-0.3, -0.25) is 9.59 Å². The van der Waals surface area contributed by atoms with Gasteiger partial charge in [-0.2, -0.15) is 0 Å². The van der Waals surface area contributed by atoms with E-state index in [2.05, 4.69) is 13.8 Å². The highest BCUT2D eigenvalue weighted by molar-refractivity contribution is 6.42. The first-order valence-electron chi connectivity index (χ1n) is 9.00. The number of hydrogen-bond acceptors (Lipinski definition) is 2. The quantitative estimate of drug-likeness (QED) is 0.742. The van der Waals surface area contributed by atoms with E-state index in [9.17, 15) is 9.59 Å². The molecule has 4 nitrogen and oxygen atoms in total. The molecule has 2 amide bonds. The molecule has 1 fully saturated rings.